The van der Waals surface area contributed by atoms with Gasteiger partial charge in [0.25, 0.3) is 5.91 Å². The van der Waals surface area contributed by atoms with Crippen molar-refractivity contribution in [3.8, 4) is 11.3 Å². The molecule has 0 saturated heterocycles. The summed E-state index contributed by atoms with van der Waals surface area (Å²) in [6.07, 6.45) is 2.52. The number of benzene rings is 2. The number of H-pyrrole nitrogens is 1. The fourth-order valence-corrected chi connectivity index (χ4v) is 3.28. The summed E-state index contributed by atoms with van der Waals surface area (Å²) in [4.78, 5) is 24.8. The van der Waals surface area contributed by atoms with E-state index in [4.69, 9.17) is 11.6 Å². The SMILES string of the molecule is CCC(NC(=O)c1ccc2nc(Cl)ccc2c1)c1ncc(-c2ccccc2)[nH]1. The van der Waals surface area contributed by atoms with Gasteiger partial charge in [-0.3, -0.25) is 4.79 Å². The average Bonchev–Trinajstić information content (AvgIpc) is 3.22. The molecule has 6 heteroatoms. The number of carbonyl (C=O) groups excluding carboxylic acids is 1. The number of hydrogen-bond acceptors (Lipinski definition) is 3. The van der Waals surface area contributed by atoms with Crippen molar-refractivity contribution < 1.29 is 4.79 Å². The van der Waals surface area contributed by atoms with Crippen molar-refractivity contribution in [3.05, 3.63) is 83.4 Å². The number of amides is 1. The van der Waals surface area contributed by atoms with Crippen LogP contribution in [0, 0.1) is 0 Å². The fourth-order valence-electron chi connectivity index (χ4n) is 3.13. The van der Waals surface area contributed by atoms with Crippen LogP contribution in [0.25, 0.3) is 22.2 Å². The van der Waals surface area contributed by atoms with Crippen molar-refractivity contribution in [3.63, 3.8) is 0 Å². The van der Waals surface area contributed by atoms with Gasteiger partial charge in [0.1, 0.15) is 11.0 Å². The standard InChI is InChI=1S/C22H19ClN4O/c1-2-17(21-24-13-19(26-21)14-6-4-3-5-7-14)27-22(28)16-8-10-18-15(12-16)9-11-20(23)25-18/h3-13,17H,2H2,1H3,(H,24,26)(H,27,28). The van der Waals surface area contributed by atoms with E-state index >= 15 is 0 Å². The third-order valence-electron chi connectivity index (χ3n) is 4.64. The molecule has 1 unspecified atom stereocenters. The molecule has 0 fully saturated rings. The smallest absolute Gasteiger partial charge is 0.251 e. The van der Waals surface area contributed by atoms with E-state index in [0.717, 1.165) is 34.4 Å². The number of pyridine rings is 1. The Balaban J connectivity index is 1.54. The van der Waals surface area contributed by atoms with Gasteiger partial charge in [-0.2, -0.15) is 0 Å². The maximum absolute atomic E-state index is 12.8. The molecule has 0 bridgehead atoms. The number of imidazole rings is 1. The summed E-state index contributed by atoms with van der Waals surface area (Å²) in [6, 6.07) is 18.7. The lowest BCUT2D eigenvalue weighted by molar-refractivity contribution is 0.0934. The first-order chi connectivity index (χ1) is 13.6. The van der Waals surface area contributed by atoms with Gasteiger partial charge in [0.15, 0.2) is 0 Å². The highest BCUT2D eigenvalue weighted by atomic mass is 35.5. The molecule has 0 aliphatic rings. The number of hydrogen-bond donors (Lipinski definition) is 2. The number of rotatable bonds is 5. The molecule has 0 aliphatic heterocycles. The number of nitrogens with one attached hydrogen (secondary N) is 2. The predicted molar refractivity (Wildman–Crippen MR) is 111 cm³/mol. The van der Waals surface area contributed by atoms with E-state index < -0.39 is 0 Å². The van der Waals surface area contributed by atoms with E-state index in [1.165, 1.54) is 0 Å². The summed E-state index contributed by atoms with van der Waals surface area (Å²) in [5.74, 6) is 0.588. The molecule has 0 saturated carbocycles. The largest absolute Gasteiger partial charge is 0.342 e. The van der Waals surface area contributed by atoms with Crippen LogP contribution in [0.2, 0.25) is 5.15 Å². The zero-order chi connectivity index (χ0) is 19.5. The molecule has 5 nitrogen and oxygen atoms in total. The lowest BCUT2D eigenvalue weighted by Crippen LogP contribution is -2.28. The lowest BCUT2D eigenvalue weighted by atomic mass is 10.1. The Morgan fingerprint density at radius 2 is 1.96 bits per heavy atom. The maximum Gasteiger partial charge on any atom is 0.251 e. The van der Waals surface area contributed by atoms with Gasteiger partial charge in [0, 0.05) is 10.9 Å². The molecular formula is C22H19ClN4O. The van der Waals surface area contributed by atoms with Crippen molar-refractivity contribution in [2.75, 3.05) is 0 Å². The highest BCUT2D eigenvalue weighted by Gasteiger charge is 2.18. The zero-order valence-corrected chi connectivity index (χ0v) is 16.1. The fraction of sp³-hybridized carbons (Fsp3) is 0.136. The van der Waals surface area contributed by atoms with E-state index in [-0.39, 0.29) is 11.9 Å². The first-order valence-corrected chi connectivity index (χ1v) is 9.49. The second-order valence-corrected chi connectivity index (χ2v) is 6.91. The van der Waals surface area contributed by atoms with Gasteiger partial charge in [-0.05, 0) is 42.3 Å². The van der Waals surface area contributed by atoms with Crippen LogP contribution in [-0.2, 0) is 0 Å². The van der Waals surface area contributed by atoms with Gasteiger partial charge in [0.05, 0.1) is 23.4 Å². The van der Waals surface area contributed by atoms with Crippen molar-refractivity contribution >= 4 is 28.4 Å². The topological polar surface area (TPSA) is 70.7 Å². The second kappa shape index (κ2) is 7.82. The minimum atomic E-state index is -0.205. The molecule has 0 aliphatic carbocycles. The van der Waals surface area contributed by atoms with Crippen LogP contribution in [0.1, 0.15) is 35.6 Å². The van der Waals surface area contributed by atoms with Gasteiger partial charge in [-0.1, -0.05) is 48.9 Å². The number of fused-ring (bicyclic) bond motifs is 1. The summed E-state index contributed by atoms with van der Waals surface area (Å²) < 4.78 is 0. The Morgan fingerprint density at radius 3 is 2.75 bits per heavy atom. The van der Waals surface area contributed by atoms with E-state index in [1.807, 2.05) is 49.4 Å². The highest BCUT2D eigenvalue weighted by Crippen LogP contribution is 2.22. The van der Waals surface area contributed by atoms with Crippen LogP contribution in [0.15, 0.2) is 66.9 Å². The van der Waals surface area contributed by atoms with Crippen molar-refractivity contribution in [1.82, 2.24) is 20.3 Å². The van der Waals surface area contributed by atoms with Gasteiger partial charge in [-0.25, -0.2) is 9.97 Å². The molecule has 1 amide bonds. The van der Waals surface area contributed by atoms with E-state index in [9.17, 15) is 4.79 Å². The van der Waals surface area contributed by atoms with Crippen LogP contribution in [0.5, 0.6) is 0 Å². The molecule has 2 N–H and O–H groups in total. The molecule has 1 atom stereocenters. The van der Waals surface area contributed by atoms with Crippen LogP contribution in [0.3, 0.4) is 0 Å². The summed E-state index contributed by atoms with van der Waals surface area (Å²) >= 11 is 5.92. The molecule has 2 heterocycles. The Kier molecular flexibility index (Phi) is 5.08. The Labute approximate surface area is 167 Å². The molecular weight excluding hydrogens is 372 g/mol. The van der Waals surface area contributed by atoms with Crippen LogP contribution in [0.4, 0.5) is 0 Å². The summed E-state index contributed by atoms with van der Waals surface area (Å²) in [7, 11) is 0. The summed E-state index contributed by atoms with van der Waals surface area (Å²) in [6.45, 7) is 2.02. The number of aromatic nitrogens is 3. The third-order valence-corrected chi connectivity index (χ3v) is 4.85. The third kappa shape index (κ3) is 3.75. The Hall–Kier alpha value is -3.18. The first kappa shape index (κ1) is 18.2. The van der Waals surface area contributed by atoms with Gasteiger partial charge in [-0.15, -0.1) is 0 Å². The molecule has 0 radical (unpaired) electrons. The zero-order valence-electron chi connectivity index (χ0n) is 15.3. The average molecular weight is 391 g/mol. The van der Waals surface area contributed by atoms with Crippen LogP contribution < -0.4 is 5.32 Å². The van der Waals surface area contributed by atoms with E-state index in [1.54, 1.807) is 24.4 Å². The van der Waals surface area contributed by atoms with Gasteiger partial charge >= 0.3 is 0 Å². The maximum atomic E-state index is 12.8. The molecule has 28 heavy (non-hydrogen) atoms. The molecule has 4 aromatic rings. The number of aromatic amines is 1. The van der Waals surface area contributed by atoms with E-state index in [0.29, 0.717) is 10.7 Å². The predicted octanol–water partition coefficient (Wildman–Crippen LogP) is 5.16. The van der Waals surface area contributed by atoms with Crippen LogP contribution >= 0.6 is 11.6 Å². The van der Waals surface area contributed by atoms with Crippen molar-refractivity contribution in [2.45, 2.75) is 19.4 Å². The number of halogens is 1. The molecule has 2 aromatic carbocycles. The highest BCUT2D eigenvalue weighted by molar-refractivity contribution is 6.29. The van der Waals surface area contributed by atoms with Gasteiger partial charge in [0.2, 0.25) is 0 Å². The minimum absolute atomic E-state index is 0.152. The quantitative estimate of drug-likeness (QED) is 0.462. The second-order valence-electron chi connectivity index (χ2n) is 6.52. The van der Waals surface area contributed by atoms with Crippen molar-refractivity contribution in [2.24, 2.45) is 0 Å². The van der Waals surface area contributed by atoms with Crippen LogP contribution in [-0.4, -0.2) is 20.9 Å². The normalized spacial score (nSPS) is 12.1. The minimum Gasteiger partial charge on any atom is -0.342 e. The number of nitrogens with zero attached hydrogens (tertiary/aromatic N) is 2. The summed E-state index contributed by atoms with van der Waals surface area (Å²) in [5, 5.41) is 4.36. The molecule has 2 aromatic heterocycles. The molecule has 140 valence electrons. The Bertz CT molecular complexity index is 1120. The first-order valence-electron chi connectivity index (χ1n) is 9.11. The summed E-state index contributed by atoms with van der Waals surface area (Å²) in [5.41, 5.74) is 3.32. The lowest BCUT2D eigenvalue weighted by Gasteiger charge is -2.15. The number of carbonyl (C=O) groups is 1. The Morgan fingerprint density at radius 1 is 1.14 bits per heavy atom. The monoisotopic (exact) mass is 390 g/mol. The van der Waals surface area contributed by atoms with Gasteiger partial charge < -0.3 is 10.3 Å². The molecule has 0 spiro atoms. The van der Waals surface area contributed by atoms with E-state index in [2.05, 4.69) is 20.3 Å². The molecule has 4 rings (SSSR count). The van der Waals surface area contributed by atoms with Crippen molar-refractivity contribution in [1.29, 1.82) is 0 Å².